The molecule has 0 fully saturated rings. The van der Waals surface area contributed by atoms with Gasteiger partial charge in [-0.2, -0.15) is 5.12 Å². The summed E-state index contributed by atoms with van der Waals surface area (Å²) in [6, 6.07) is 0. The highest BCUT2D eigenvalue weighted by Gasteiger charge is 2.30. The molecule has 4 nitrogen and oxygen atoms in total. The van der Waals surface area contributed by atoms with Crippen LogP contribution in [-0.4, -0.2) is 25.3 Å². The van der Waals surface area contributed by atoms with Gasteiger partial charge in [-0.25, -0.2) is 8.42 Å². The first-order valence-electron chi connectivity index (χ1n) is 2.69. The standard InChI is InChI=1S/C4H7FN2O2S2/c1-11(8,9)3-2-10-4(6)7(3)5/h2,4H,6H2,1H3. The zero-order valence-electron chi connectivity index (χ0n) is 5.69. The molecule has 1 atom stereocenters. The van der Waals surface area contributed by atoms with Gasteiger partial charge in [0, 0.05) is 11.7 Å². The summed E-state index contributed by atoms with van der Waals surface area (Å²) in [4.78, 5) is 0. The summed E-state index contributed by atoms with van der Waals surface area (Å²) >= 11 is 0.928. The van der Waals surface area contributed by atoms with Crippen molar-refractivity contribution >= 4 is 21.6 Å². The van der Waals surface area contributed by atoms with Gasteiger partial charge in [0.05, 0.1) is 0 Å². The molecule has 0 aromatic heterocycles. The summed E-state index contributed by atoms with van der Waals surface area (Å²) in [5.41, 5.74) is 4.23. The lowest BCUT2D eigenvalue weighted by Crippen LogP contribution is -2.30. The van der Waals surface area contributed by atoms with Crippen molar-refractivity contribution in [3.05, 3.63) is 10.4 Å². The van der Waals surface area contributed by atoms with Crippen LogP contribution >= 0.6 is 11.8 Å². The van der Waals surface area contributed by atoms with Crippen molar-refractivity contribution in [2.24, 2.45) is 5.73 Å². The van der Waals surface area contributed by atoms with E-state index in [0.29, 0.717) is 0 Å². The molecular weight excluding hydrogens is 191 g/mol. The second-order valence-electron chi connectivity index (χ2n) is 2.07. The number of nitrogens with two attached hydrogens (primary N) is 1. The van der Waals surface area contributed by atoms with E-state index < -0.39 is 15.3 Å². The monoisotopic (exact) mass is 198 g/mol. The smallest absolute Gasteiger partial charge is 0.193 e. The largest absolute Gasteiger partial charge is 0.300 e. The van der Waals surface area contributed by atoms with Crippen LogP contribution in [0.3, 0.4) is 0 Å². The molecule has 2 N–H and O–H groups in total. The molecule has 0 saturated carbocycles. The van der Waals surface area contributed by atoms with Gasteiger partial charge >= 0.3 is 0 Å². The van der Waals surface area contributed by atoms with Crippen LogP contribution in [0.15, 0.2) is 10.4 Å². The molecule has 1 aliphatic rings. The molecule has 0 aromatic rings. The fourth-order valence-electron chi connectivity index (χ4n) is 0.603. The number of hydrogen-bond donors (Lipinski definition) is 1. The molecule has 0 bridgehead atoms. The number of thioether (sulfide) groups is 1. The Morgan fingerprint density at radius 2 is 2.36 bits per heavy atom. The predicted molar refractivity (Wildman–Crippen MR) is 41.4 cm³/mol. The molecule has 0 aromatic carbocycles. The quantitative estimate of drug-likeness (QED) is 0.601. The number of nitrogens with zero attached hydrogens (tertiary/aromatic N) is 1. The molecule has 0 aliphatic carbocycles. The molecule has 1 rings (SSSR count). The maximum Gasteiger partial charge on any atom is 0.193 e. The minimum atomic E-state index is -3.47. The maximum atomic E-state index is 12.7. The number of halogens is 1. The van der Waals surface area contributed by atoms with Crippen molar-refractivity contribution < 1.29 is 12.9 Å². The third-order valence-corrected chi connectivity index (χ3v) is 3.15. The molecule has 1 aliphatic heterocycles. The minimum Gasteiger partial charge on any atom is -0.300 e. The number of rotatable bonds is 1. The molecule has 0 amide bonds. The van der Waals surface area contributed by atoms with Crippen LogP contribution in [0.25, 0.3) is 0 Å². The molecule has 0 saturated heterocycles. The highest BCUT2D eigenvalue weighted by molar-refractivity contribution is 8.04. The third kappa shape index (κ3) is 1.66. The molecule has 1 heterocycles. The summed E-state index contributed by atoms with van der Waals surface area (Å²) in [5.74, 6) is 0. The van der Waals surface area contributed by atoms with Crippen LogP contribution < -0.4 is 5.73 Å². The first-order chi connectivity index (χ1) is 4.93. The van der Waals surface area contributed by atoms with Crippen LogP contribution in [0.2, 0.25) is 0 Å². The summed E-state index contributed by atoms with van der Waals surface area (Å²) in [6.07, 6.45) is 0.935. The van der Waals surface area contributed by atoms with E-state index in [1.165, 1.54) is 5.41 Å². The summed E-state index contributed by atoms with van der Waals surface area (Å²) in [7, 11) is -3.47. The fourth-order valence-corrected chi connectivity index (χ4v) is 2.54. The Morgan fingerprint density at radius 3 is 2.55 bits per heavy atom. The van der Waals surface area contributed by atoms with Crippen LogP contribution in [0.5, 0.6) is 0 Å². The SMILES string of the molecule is CS(=O)(=O)C1=CSC(N)N1F. The molecule has 11 heavy (non-hydrogen) atoms. The van der Waals surface area contributed by atoms with E-state index in [2.05, 4.69) is 0 Å². The Hall–Kier alpha value is -0.270. The first-order valence-corrected chi connectivity index (χ1v) is 5.52. The normalized spacial score (nSPS) is 25.5. The zero-order valence-corrected chi connectivity index (χ0v) is 7.32. The zero-order chi connectivity index (χ0) is 8.65. The highest BCUT2D eigenvalue weighted by Crippen LogP contribution is 2.30. The van der Waals surface area contributed by atoms with E-state index in [4.69, 9.17) is 5.73 Å². The van der Waals surface area contributed by atoms with Gasteiger partial charge in [-0.3, -0.25) is 0 Å². The van der Waals surface area contributed by atoms with Crippen molar-refractivity contribution in [1.82, 2.24) is 5.12 Å². The molecule has 64 valence electrons. The van der Waals surface area contributed by atoms with Crippen LogP contribution in [0.1, 0.15) is 0 Å². The van der Waals surface area contributed by atoms with Crippen molar-refractivity contribution in [1.29, 1.82) is 0 Å². The average molecular weight is 198 g/mol. The molecule has 0 radical (unpaired) electrons. The second kappa shape index (κ2) is 2.65. The lowest BCUT2D eigenvalue weighted by atomic mass is 10.9. The second-order valence-corrected chi connectivity index (χ2v) is 5.02. The Bertz CT molecular complexity index is 286. The first kappa shape index (κ1) is 8.82. The summed E-state index contributed by atoms with van der Waals surface area (Å²) in [6.45, 7) is 0. The Balaban J connectivity index is 2.94. The fraction of sp³-hybridized carbons (Fsp3) is 0.500. The van der Waals surface area contributed by atoms with Gasteiger partial charge in [0.1, 0.15) is 0 Å². The van der Waals surface area contributed by atoms with Gasteiger partial charge in [-0.1, -0.05) is 16.2 Å². The van der Waals surface area contributed by atoms with E-state index in [1.54, 1.807) is 0 Å². The number of hydrogen-bond acceptors (Lipinski definition) is 5. The Labute approximate surface area is 68.1 Å². The van der Waals surface area contributed by atoms with Crippen LogP contribution in [-0.2, 0) is 9.84 Å². The van der Waals surface area contributed by atoms with Gasteiger partial charge in [-0.05, 0) is 0 Å². The van der Waals surface area contributed by atoms with E-state index in [0.717, 1.165) is 18.0 Å². The lowest BCUT2D eigenvalue weighted by molar-refractivity contribution is 0.0746. The van der Waals surface area contributed by atoms with Crippen LogP contribution in [0, 0.1) is 0 Å². The van der Waals surface area contributed by atoms with Gasteiger partial charge in [0.25, 0.3) is 0 Å². The molecular formula is C4H7FN2O2S2. The third-order valence-electron chi connectivity index (χ3n) is 1.12. The average Bonchev–Trinajstić information content (AvgIpc) is 2.11. The van der Waals surface area contributed by atoms with Gasteiger partial charge < -0.3 is 5.73 Å². The van der Waals surface area contributed by atoms with Crippen LogP contribution in [0.4, 0.5) is 4.48 Å². The van der Waals surface area contributed by atoms with Crippen molar-refractivity contribution in [3.63, 3.8) is 0 Å². The van der Waals surface area contributed by atoms with Crippen molar-refractivity contribution in [2.75, 3.05) is 6.26 Å². The number of sulfone groups is 1. The predicted octanol–water partition coefficient (Wildman–Crippen LogP) is 0.00550. The molecule has 7 heteroatoms. The summed E-state index contributed by atoms with van der Waals surface area (Å²) < 4.78 is 34.3. The minimum absolute atomic E-state index is 0.0417. The van der Waals surface area contributed by atoms with Gasteiger partial charge in [0.15, 0.2) is 20.4 Å². The van der Waals surface area contributed by atoms with E-state index in [-0.39, 0.29) is 10.2 Å². The van der Waals surface area contributed by atoms with Crippen molar-refractivity contribution in [3.8, 4) is 0 Å². The lowest BCUT2D eigenvalue weighted by Gasteiger charge is -2.12. The van der Waals surface area contributed by atoms with E-state index >= 15 is 0 Å². The van der Waals surface area contributed by atoms with Crippen molar-refractivity contribution in [2.45, 2.75) is 5.50 Å². The highest BCUT2D eigenvalue weighted by atomic mass is 32.2. The summed E-state index contributed by atoms with van der Waals surface area (Å²) in [5, 5.41) is 0.870. The van der Waals surface area contributed by atoms with Gasteiger partial charge in [-0.15, -0.1) is 0 Å². The Morgan fingerprint density at radius 1 is 1.82 bits per heavy atom. The van der Waals surface area contributed by atoms with E-state index in [1.807, 2.05) is 0 Å². The molecule has 1 unspecified atom stereocenters. The van der Waals surface area contributed by atoms with Gasteiger partial charge in [0.2, 0.25) is 0 Å². The maximum absolute atomic E-state index is 12.7. The Kier molecular flexibility index (Phi) is 2.13. The van der Waals surface area contributed by atoms with E-state index in [9.17, 15) is 12.9 Å². The molecule has 0 spiro atoms. The topological polar surface area (TPSA) is 63.4 Å².